The van der Waals surface area contributed by atoms with Gasteiger partial charge in [-0.05, 0) is 73.9 Å². The third-order valence-electron chi connectivity index (χ3n) is 4.66. The van der Waals surface area contributed by atoms with Crippen molar-refractivity contribution in [3.05, 3.63) is 48.0 Å². The van der Waals surface area contributed by atoms with Crippen LogP contribution in [0.5, 0.6) is 0 Å². The number of hydrogen-bond acceptors (Lipinski definition) is 4. The number of carbonyl (C=O) groups excluding carboxylic acids is 1. The highest BCUT2D eigenvalue weighted by molar-refractivity contribution is 7.98. The minimum absolute atomic E-state index is 0.105. The highest BCUT2D eigenvalue weighted by Gasteiger charge is 2.32. The van der Waals surface area contributed by atoms with Crippen LogP contribution >= 0.6 is 23.5 Å². The number of anilines is 2. The summed E-state index contributed by atoms with van der Waals surface area (Å²) in [5.41, 5.74) is 3.35. The molecule has 25 heavy (non-hydrogen) atoms. The maximum Gasteiger partial charge on any atom is 0.224 e. The molecule has 0 unspecified atom stereocenters. The molecule has 2 atom stereocenters. The molecule has 3 nitrogen and oxygen atoms in total. The minimum atomic E-state index is 0.105. The largest absolute Gasteiger partial charge is 0.378 e. The number of nitrogens with zero attached hydrogens (tertiary/aromatic N) is 1. The van der Waals surface area contributed by atoms with E-state index < -0.39 is 0 Å². The van der Waals surface area contributed by atoms with E-state index in [2.05, 4.69) is 67.2 Å². The van der Waals surface area contributed by atoms with Gasteiger partial charge in [0.1, 0.15) is 0 Å². The molecule has 0 saturated carbocycles. The number of nitrogens with one attached hydrogen (secondary N) is 1. The van der Waals surface area contributed by atoms with E-state index in [1.54, 1.807) is 30.4 Å². The molecule has 0 fully saturated rings. The molecule has 3 rings (SSSR count). The van der Waals surface area contributed by atoms with Crippen LogP contribution in [0.1, 0.15) is 31.9 Å². The lowest BCUT2D eigenvalue weighted by Gasteiger charge is -2.39. The SMILES string of the molecule is CSc1ccc(N[C@H]2C[C@@H](C)N(C(C)=O)c3ccc(SC)cc32)cc1. The fourth-order valence-corrected chi connectivity index (χ4v) is 4.33. The zero-order valence-electron chi connectivity index (χ0n) is 15.1. The Bertz CT molecular complexity index is 761. The van der Waals surface area contributed by atoms with Crippen molar-refractivity contribution in [1.29, 1.82) is 0 Å². The van der Waals surface area contributed by atoms with Crippen LogP contribution in [-0.4, -0.2) is 24.5 Å². The highest BCUT2D eigenvalue weighted by Crippen LogP contribution is 2.40. The predicted molar refractivity (Wildman–Crippen MR) is 110 cm³/mol. The summed E-state index contributed by atoms with van der Waals surface area (Å²) in [5, 5.41) is 3.67. The number of thioether (sulfide) groups is 2. The third-order valence-corrected chi connectivity index (χ3v) is 6.13. The van der Waals surface area contributed by atoms with E-state index in [1.165, 1.54) is 15.4 Å². The van der Waals surface area contributed by atoms with Crippen LogP contribution in [0.2, 0.25) is 0 Å². The van der Waals surface area contributed by atoms with Crippen LogP contribution in [0.25, 0.3) is 0 Å². The Kier molecular flexibility index (Phi) is 5.64. The molecule has 0 aliphatic carbocycles. The zero-order chi connectivity index (χ0) is 18.0. The van der Waals surface area contributed by atoms with Gasteiger partial charge in [0, 0.05) is 34.1 Å². The van der Waals surface area contributed by atoms with Gasteiger partial charge in [0.25, 0.3) is 0 Å². The van der Waals surface area contributed by atoms with Gasteiger partial charge >= 0.3 is 0 Å². The van der Waals surface area contributed by atoms with Crippen LogP contribution in [-0.2, 0) is 4.79 Å². The highest BCUT2D eigenvalue weighted by atomic mass is 32.2. The van der Waals surface area contributed by atoms with Gasteiger partial charge in [0.05, 0.1) is 6.04 Å². The second-order valence-electron chi connectivity index (χ2n) is 6.32. The Balaban J connectivity index is 1.96. The number of carbonyl (C=O) groups is 1. The molecule has 0 spiro atoms. The summed E-state index contributed by atoms with van der Waals surface area (Å²) in [4.78, 5) is 16.6. The summed E-state index contributed by atoms with van der Waals surface area (Å²) < 4.78 is 0. The fraction of sp³-hybridized carbons (Fsp3) is 0.350. The lowest BCUT2D eigenvalue weighted by atomic mass is 9.91. The lowest BCUT2D eigenvalue weighted by molar-refractivity contribution is -0.117. The van der Waals surface area contributed by atoms with E-state index in [0.29, 0.717) is 0 Å². The summed E-state index contributed by atoms with van der Waals surface area (Å²) in [6.45, 7) is 3.77. The Morgan fingerprint density at radius 1 is 1.08 bits per heavy atom. The normalized spacial score (nSPS) is 19.4. The number of amides is 1. The Morgan fingerprint density at radius 2 is 1.72 bits per heavy atom. The van der Waals surface area contributed by atoms with Crippen LogP contribution in [0.3, 0.4) is 0 Å². The van der Waals surface area contributed by atoms with E-state index >= 15 is 0 Å². The van der Waals surface area contributed by atoms with Gasteiger partial charge in [0.15, 0.2) is 0 Å². The molecule has 132 valence electrons. The van der Waals surface area contributed by atoms with Gasteiger partial charge in [-0.1, -0.05) is 0 Å². The molecule has 0 radical (unpaired) electrons. The van der Waals surface area contributed by atoms with Crippen molar-refractivity contribution < 1.29 is 4.79 Å². The summed E-state index contributed by atoms with van der Waals surface area (Å²) in [5.74, 6) is 0.105. The van der Waals surface area contributed by atoms with Gasteiger partial charge < -0.3 is 10.2 Å². The van der Waals surface area contributed by atoms with E-state index in [-0.39, 0.29) is 18.0 Å². The first-order valence-corrected chi connectivity index (χ1v) is 10.9. The Hall–Kier alpha value is -1.59. The molecule has 1 heterocycles. The van der Waals surface area contributed by atoms with Gasteiger partial charge in [-0.2, -0.15) is 0 Å². The molecule has 1 amide bonds. The van der Waals surface area contributed by atoms with E-state index in [9.17, 15) is 4.79 Å². The summed E-state index contributed by atoms with van der Waals surface area (Å²) >= 11 is 3.48. The van der Waals surface area contributed by atoms with Crippen LogP contribution in [0.4, 0.5) is 11.4 Å². The molecule has 0 bridgehead atoms. The van der Waals surface area contributed by atoms with Gasteiger partial charge in [0.2, 0.25) is 5.91 Å². The van der Waals surface area contributed by atoms with Crippen molar-refractivity contribution in [2.24, 2.45) is 0 Å². The first kappa shape index (κ1) is 18.2. The topological polar surface area (TPSA) is 32.3 Å². The summed E-state index contributed by atoms with van der Waals surface area (Å²) in [6, 6.07) is 15.3. The first-order valence-electron chi connectivity index (χ1n) is 8.41. The molecule has 0 saturated heterocycles. The van der Waals surface area contributed by atoms with Crippen molar-refractivity contribution in [1.82, 2.24) is 0 Å². The van der Waals surface area contributed by atoms with Crippen molar-refractivity contribution in [3.63, 3.8) is 0 Å². The van der Waals surface area contributed by atoms with Crippen molar-refractivity contribution >= 4 is 40.8 Å². The van der Waals surface area contributed by atoms with E-state index in [4.69, 9.17) is 0 Å². The number of benzene rings is 2. The fourth-order valence-electron chi connectivity index (χ4n) is 3.47. The second-order valence-corrected chi connectivity index (χ2v) is 8.08. The Labute approximate surface area is 158 Å². The zero-order valence-corrected chi connectivity index (χ0v) is 16.7. The third kappa shape index (κ3) is 3.82. The van der Waals surface area contributed by atoms with Crippen molar-refractivity contribution in [2.75, 3.05) is 22.7 Å². The first-order chi connectivity index (χ1) is 12.0. The molecule has 1 N–H and O–H groups in total. The number of hydrogen-bond donors (Lipinski definition) is 1. The van der Waals surface area contributed by atoms with Gasteiger partial charge in [-0.3, -0.25) is 4.79 Å². The van der Waals surface area contributed by atoms with Crippen LogP contribution < -0.4 is 10.2 Å². The molecule has 1 aliphatic rings. The molecule has 2 aromatic rings. The van der Waals surface area contributed by atoms with Crippen LogP contribution in [0.15, 0.2) is 52.3 Å². The average molecular weight is 373 g/mol. The maximum absolute atomic E-state index is 12.2. The molecule has 0 aromatic heterocycles. The van der Waals surface area contributed by atoms with Gasteiger partial charge in [-0.25, -0.2) is 0 Å². The lowest BCUT2D eigenvalue weighted by Crippen LogP contribution is -2.43. The summed E-state index contributed by atoms with van der Waals surface area (Å²) in [7, 11) is 0. The van der Waals surface area contributed by atoms with Crippen LogP contribution in [0, 0.1) is 0 Å². The molecule has 2 aromatic carbocycles. The monoisotopic (exact) mass is 372 g/mol. The van der Waals surface area contributed by atoms with E-state index in [1.807, 2.05) is 4.90 Å². The standard InChI is InChI=1S/C20H24N2OS2/c1-13-11-19(21-15-5-7-16(24-3)8-6-15)18-12-17(25-4)9-10-20(18)22(13)14(2)23/h5-10,12-13,19,21H,11H2,1-4H3/t13-,19+/m1/s1. The minimum Gasteiger partial charge on any atom is -0.378 e. The average Bonchev–Trinajstić information content (AvgIpc) is 2.61. The maximum atomic E-state index is 12.2. The quantitative estimate of drug-likeness (QED) is 0.726. The van der Waals surface area contributed by atoms with Gasteiger partial charge in [-0.15, -0.1) is 23.5 Å². The molecular formula is C20H24N2OS2. The smallest absolute Gasteiger partial charge is 0.224 e. The number of rotatable bonds is 4. The van der Waals surface area contributed by atoms with E-state index in [0.717, 1.165) is 17.8 Å². The number of fused-ring (bicyclic) bond motifs is 1. The summed E-state index contributed by atoms with van der Waals surface area (Å²) in [6.07, 6.45) is 5.07. The molecule has 1 aliphatic heterocycles. The van der Waals surface area contributed by atoms with Crippen molar-refractivity contribution in [3.8, 4) is 0 Å². The second kappa shape index (κ2) is 7.75. The predicted octanol–water partition coefficient (Wildman–Crippen LogP) is 5.43. The molecular weight excluding hydrogens is 348 g/mol. The Morgan fingerprint density at radius 3 is 2.32 bits per heavy atom. The molecule has 5 heteroatoms. The van der Waals surface area contributed by atoms with Crippen molar-refractivity contribution in [2.45, 2.75) is 42.1 Å².